The molecule has 1 saturated heterocycles. The minimum Gasteiger partial charge on any atom is -0.492 e. The van der Waals surface area contributed by atoms with Gasteiger partial charge in [0.2, 0.25) is 5.91 Å². The number of carbonyl (C=O) groups excluding carboxylic acids is 1. The molecule has 0 aromatic heterocycles. The smallest absolute Gasteiger partial charge is 0.234 e. The Morgan fingerprint density at radius 2 is 1.79 bits per heavy atom. The third-order valence-corrected chi connectivity index (χ3v) is 5.52. The van der Waals surface area contributed by atoms with Gasteiger partial charge in [-0.15, -0.1) is 0 Å². The van der Waals surface area contributed by atoms with E-state index in [4.69, 9.17) is 4.74 Å². The van der Waals surface area contributed by atoms with Crippen molar-refractivity contribution in [1.29, 1.82) is 0 Å². The average molecular weight is 446 g/mol. The Balaban J connectivity index is 1.49. The second-order valence-electron chi connectivity index (χ2n) is 7.00. The summed E-state index contributed by atoms with van der Waals surface area (Å²) in [6, 6.07) is 16.2. The van der Waals surface area contributed by atoms with Gasteiger partial charge in [-0.1, -0.05) is 40.2 Å². The first-order chi connectivity index (χ1) is 13.6. The molecule has 1 atom stereocenters. The molecular weight excluding hydrogens is 418 g/mol. The fourth-order valence-electron chi connectivity index (χ4n) is 3.47. The third-order valence-electron chi connectivity index (χ3n) is 4.99. The first-order valence-corrected chi connectivity index (χ1v) is 10.6. The molecule has 1 aliphatic heterocycles. The van der Waals surface area contributed by atoms with Gasteiger partial charge in [-0.25, -0.2) is 0 Å². The molecule has 0 bridgehead atoms. The van der Waals surface area contributed by atoms with Crippen LogP contribution in [0.3, 0.4) is 0 Å². The van der Waals surface area contributed by atoms with Crippen LogP contribution in [0.1, 0.15) is 25.5 Å². The van der Waals surface area contributed by atoms with Crippen LogP contribution in [0.2, 0.25) is 0 Å². The van der Waals surface area contributed by atoms with Crippen LogP contribution in [-0.4, -0.2) is 50.1 Å². The number of piperazine rings is 1. The van der Waals surface area contributed by atoms with Crippen molar-refractivity contribution in [3.05, 3.63) is 58.6 Å². The Hall–Kier alpha value is -2.05. The Bertz CT molecular complexity index is 774. The summed E-state index contributed by atoms with van der Waals surface area (Å²) in [5.41, 5.74) is 2.24. The van der Waals surface area contributed by atoms with Gasteiger partial charge in [0.05, 0.1) is 24.9 Å². The van der Waals surface area contributed by atoms with Gasteiger partial charge in [0.15, 0.2) is 0 Å². The predicted molar refractivity (Wildman–Crippen MR) is 117 cm³/mol. The second-order valence-corrected chi connectivity index (χ2v) is 7.92. The highest BCUT2D eigenvalue weighted by Gasteiger charge is 2.21. The van der Waals surface area contributed by atoms with Crippen LogP contribution in [0.15, 0.2) is 53.0 Å². The summed E-state index contributed by atoms with van der Waals surface area (Å²) in [6.45, 7) is 8.61. The van der Waals surface area contributed by atoms with Gasteiger partial charge in [0, 0.05) is 30.7 Å². The van der Waals surface area contributed by atoms with Crippen LogP contribution >= 0.6 is 15.9 Å². The number of hydrogen-bond donors (Lipinski definition) is 1. The number of anilines is 1. The third kappa shape index (κ3) is 5.49. The first kappa shape index (κ1) is 20.7. The normalized spacial score (nSPS) is 15.9. The lowest BCUT2D eigenvalue weighted by molar-refractivity contribution is -0.123. The van der Waals surface area contributed by atoms with Gasteiger partial charge in [-0.05, 0) is 43.7 Å². The van der Waals surface area contributed by atoms with Gasteiger partial charge in [-0.2, -0.15) is 0 Å². The lowest BCUT2D eigenvalue weighted by Crippen LogP contribution is -2.49. The number of benzene rings is 2. The van der Waals surface area contributed by atoms with Crippen molar-refractivity contribution in [1.82, 2.24) is 10.2 Å². The molecular formula is C22H28BrN3O2. The molecule has 0 radical (unpaired) electrons. The van der Waals surface area contributed by atoms with E-state index in [1.807, 2.05) is 56.3 Å². The maximum absolute atomic E-state index is 12.5. The van der Waals surface area contributed by atoms with E-state index in [9.17, 15) is 4.79 Å². The number of nitrogens with one attached hydrogen (secondary N) is 1. The molecule has 1 amide bonds. The first-order valence-electron chi connectivity index (χ1n) is 9.80. The SMILES string of the molecule is CCOc1ccccc1N1CCN(CC(=O)N[C@@H](C)c2ccc(Br)cc2)CC1. The van der Waals surface area contributed by atoms with Crippen molar-refractivity contribution >= 4 is 27.5 Å². The van der Waals surface area contributed by atoms with E-state index in [1.54, 1.807) is 0 Å². The van der Waals surface area contributed by atoms with Gasteiger partial charge < -0.3 is 15.0 Å². The molecule has 1 aliphatic rings. The molecule has 2 aromatic rings. The number of para-hydroxylation sites is 2. The molecule has 150 valence electrons. The highest BCUT2D eigenvalue weighted by atomic mass is 79.9. The van der Waals surface area contributed by atoms with Crippen LogP contribution in [0, 0.1) is 0 Å². The predicted octanol–water partition coefficient (Wildman–Crippen LogP) is 3.85. The number of halogens is 1. The lowest BCUT2D eigenvalue weighted by atomic mass is 10.1. The molecule has 3 rings (SSSR count). The van der Waals surface area contributed by atoms with Crippen molar-refractivity contribution in [3.8, 4) is 5.75 Å². The molecule has 1 fully saturated rings. The summed E-state index contributed by atoms with van der Waals surface area (Å²) >= 11 is 3.44. The van der Waals surface area contributed by atoms with E-state index >= 15 is 0 Å². The molecule has 6 heteroatoms. The second kappa shape index (κ2) is 9.94. The number of rotatable bonds is 7. The van der Waals surface area contributed by atoms with E-state index in [2.05, 4.69) is 37.1 Å². The minimum atomic E-state index is -0.0000383. The van der Waals surface area contributed by atoms with Gasteiger partial charge >= 0.3 is 0 Å². The molecule has 0 aliphatic carbocycles. The number of ether oxygens (including phenoxy) is 1. The van der Waals surface area contributed by atoms with Crippen LogP contribution in [-0.2, 0) is 4.79 Å². The zero-order valence-corrected chi connectivity index (χ0v) is 18.1. The number of amides is 1. The summed E-state index contributed by atoms with van der Waals surface area (Å²) in [5, 5.41) is 3.10. The molecule has 0 unspecified atom stereocenters. The van der Waals surface area contributed by atoms with Crippen LogP contribution < -0.4 is 15.0 Å². The molecule has 2 aromatic carbocycles. The number of nitrogens with zero attached hydrogens (tertiary/aromatic N) is 2. The Labute approximate surface area is 175 Å². The van der Waals surface area contributed by atoms with E-state index in [0.717, 1.165) is 47.7 Å². The summed E-state index contributed by atoms with van der Waals surface area (Å²) < 4.78 is 6.79. The maximum atomic E-state index is 12.5. The van der Waals surface area contributed by atoms with E-state index in [-0.39, 0.29) is 11.9 Å². The molecule has 28 heavy (non-hydrogen) atoms. The standard InChI is InChI=1S/C22H28BrN3O2/c1-3-28-21-7-5-4-6-20(21)26-14-12-25(13-15-26)16-22(27)24-17(2)18-8-10-19(23)11-9-18/h4-11,17H,3,12-16H2,1-2H3,(H,24,27)/t17-/m0/s1. The summed E-state index contributed by atoms with van der Waals surface area (Å²) in [6.07, 6.45) is 0. The summed E-state index contributed by atoms with van der Waals surface area (Å²) in [5.74, 6) is 0.998. The van der Waals surface area contributed by atoms with Crippen LogP contribution in [0.25, 0.3) is 0 Å². The van der Waals surface area contributed by atoms with Gasteiger partial charge in [0.25, 0.3) is 0 Å². The topological polar surface area (TPSA) is 44.8 Å². The average Bonchev–Trinajstić information content (AvgIpc) is 2.70. The Morgan fingerprint density at radius 3 is 2.46 bits per heavy atom. The van der Waals surface area contributed by atoms with Gasteiger partial charge in [-0.3, -0.25) is 9.69 Å². The molecule has 5 nitrogen and oxygen atoms in total. The van der Waals surface area contributed by atoms with Crippen molar-refractivity contribution in [3.63, 3.8) is 0 Å². The largest absolute Gasteiger partial charge is 0.492 e. The molecule has 0 spiro atoms. The molecule has 1 heterocycles. The van der Waals surface area contributed by atoms with Gasteiger partial charge in [0.1, 0.15) is 5.75 Å². The van der Waals surface area contributed by atoms with Crippen LogP contribution in [0.4, 0.5) is 5.69 Å². The maximum Gasteiger partial charge on any atom is 0.234 e. The van der Waals surface area contributed by atoms with Crippen molar-refractivity contribution in [2.24, 2.45) is 0 Å². The summed E-state index contributed by atoms with van der Waals surface area (Å²) in [4.78, 5) is 17.0. The zero-order chi connectivity index (χ0) is 19.9. The Kier molecular flexibility index (Phi) is 7.34. The van der Waals surface area contributed by atoms with Crippen LogP contribution in [0.5, 0.6) is 5.75 Å². The van der Waals surface area contributed by atoms with E-state index in [1.165, 1.54) is 0 Å². The fourth-order valence-corrected chi connectivity index (χ4v) is 3.73. The number of hydrogen-bond acceptors (Lipinski definition) is 4. The fraction of sp³-hybridized carbons (Fsp3) is 0.409. The van der Waals surface area contributed by atoms with Crippen molar-refractivity contribution in [2.45, 2.75) is 19.9 Å². The quantitative estimate of drug-likeness (QED) is 0.702. The van der Waals surface area contributed by atoms with E-state index in [0.29, 0.717) is 13.2 Å². The van der Waals surface area contributed by atoms with E-state index < -0.39 is 0 Å². The molecule has 1 N–H and O–H groups in total. The Morgan fingerprint density at radius 1 is 1.11 bits per heavy atom. The lowest BCUT2D eigenvalue weighted by Gasteiger charge is -2.36. The summed E-state index contributed by atoms with van der Waals surface area (Å²) in [7, 11) is 0. The monoisotopic (exact) mass is 445 g/mol. The number of carbonyl (C=O) groups is 1. The molecule has 0 saturated carbocycles. The van der Waals surface area contributed by atoms with Crippen molar-refractivity contribution < 1.29 is 9.53 Å². The minimum absolute atomic E-state index is 0.0000383. The highest BCUT2D eigenvalue weighted by Crippen LogP contribution is 2.28. The highest BCUT2D eigenvalue weighted by molar-refractivity contribution is 9.10. The zero-order valence-electron chi connectivity index (χ0n) is 16.5. The van der Waals surface area contributed by atoms with Crippen molar-refractivity contribution in [2.75, 3.05) is 44.2 Å².